The Morgan fingerprint density at radius 3 is 2.50 bits per heavy atom. The fraction of sp³-hybridized carbons (Fsp3) is 0.429. The third-order valence-corrected chi connectivity index (χ3v) is 3.90. The van der Waals surface area contributed by atoms with Gasteiger partial charge in [0.25, 0.3) is 0 Å². The molecule has 0 radical (unpaired) electrons. The van der Waals surface area contributed by atoms with E-state index in [-0.39, 0.29) is 0 Å². The number of hydrogen-bond acceptors (Lipinski definition) is 0. The van der Waals surface area contributed by atoms with Crippen LogP contribution >= 0.6 is 0 Å². The molecule has 2 rings (SSSR count). The predicted octanol–water partition coefficient (Wildman–Crippen LogP) is 2.31. The van der Waals surface area contributed by atoms with Gasteiger partial charge in [0, 0.05) is 0 Å². The van der Waals surface area contributed by atoms with Crippen molar-refractivity contribution in [2.75, 3.05) is 0 Å². The molecule has 0 nitrogen and oxygen atoms in total. The molecule has 1 unspecified atom stereocenters. The molecule has 74 valence electrons. The summed E-state index contributed by atoms with van der Waals surface area (Å²) < 4.78 is 0. The number of benzene rings is 1. The van der Waals surface area contributed by atoms with Crippen LogP contribution in [0.5, 0.6) is 0 Å². The van der Waals surface area contributed by atoms with Crippen LogP contribution in [0.1, 0.15) is 27.7 Å². The van der Waals surface area contributed by atoms with Gasteiger partial charge in [0.1, 0.15) is 0 Å². The van der Waals surface area contributed by atoms with E-state index in [9.17, 15) is 0 Å². The molecule has 0 amide bonds. The zero-order chi connectivity index (χ0) is 10.3. The molecule has 0 aromatic heterocycles. The molecule has 1 aromatic carbocycles. The largest absolute Gasteiger partial charge is 0.0730 e. The Hall–Kier alpha value is -1.04. The molecule has 1 aliphatic carbocycles. The monoisotopic (exact) mass is 186 g/mol. The van der Waals surface area contributed by atoms with Crippen LogP contribution < -0.4 is 10.4 Å². The minimum Gasteiger partial charge on any atom is -0.0730 e. The highest BCUT2D eigenvalue weighted by Crippen LogP contribution is 2.36. The maximum Gasteiger partial charge on any atom is -0.00778 e. The van der Waals surface area contributed by atoms with Crippen LogP contribution in [0.2, 0.25) is 0 Å². The van der Waals surface area contributed by atoms with E-state index >= 15 is 0 Å². The standard InChI is InChI=1S/C14H18/c1-10-9-12-7-5-6-8-13(12)11(2)14(10,3)4/h5-10H,1-4H3. The lowest BCUT2D eigenvalue weighted by Crippen LogP contribution is -2.39. The molecule has 0 aliphatic heterocycles. The summed E-state index contributed by atoms with van der Waals surface area (Å²) >= 11 is 0. The van der Waals surface area contributed by atoms with E-state index in [0.29, 0.717) is 11.3 Å². The Kier molecular flexibility index (Phi) is 2.02. The van der Waals surface area contributed by atoms with Crippen molar-refractivity contribution in [1.29, 1.82) is 0 Å². The van der Waals surface area contributed by atoms with Gasteiger partial charge in [-0.2, -0.15) is 0 Å². The summed E-state index contributed by atoms with van der Waals surface area (Å²) in [5.74, 6) is 0.623. The summed E-state index contributed by atoms with van der Waals surface area (Å²) in [5, 5.41) is 2.83. The summed E-state index contributed by atoms with van der Waals surface area (Å²) in [4.78, 5) is 0. The van der Waals surface area contributed by atoms with Crippen molar-refractivity contribution in [3.05, 3.63) is 34.7 Å². The maximum atomic E-state index is 2.39. The predicted molar refractivity (Wildman–Crippen MR) is 62.2 cm³/mol. The topological polar surface area (TPSA) is 0 Å². The van der Waals surface area contributed by atoms with Crippen molar-refractivity contribution in [2.45, 2.75) is 27.7 Å². The van der Waals surface area contributed by atoms with Crippen molar-refractivity contribution in [1.82, 2.24) is 0 Å². The third kappa shape index (κ3) is 1.21. The van der Waals surface area contributed by atoms with E-state index in [1.54, 1.807) is 0 Å². The van der Waals surface area contributed by atoms with E-state index in [1.165, 1.54) is 16.0 Å². The van der Waals surface area contributed by atoms with E-state index in [4.69, 9.17) is 0 Å². The first kappa shape index (κ1) is 9.51. The average molecular weight is 186 g/mol. The second kappa shape index (κ2) is 2.98. The van der Waals surface area contributed by atoms with Crippen molar-refractivity contribution < 1.29 is 0 Å². The van der Waals surface area contributed by atoms with E-state index in [1.807, 2.05) is 0 Å². The van der Waals surface area contributed by atoms with Crippen LogP contribution in [-0.2, 0) is 0 Å². The van der Waals surface area contributed by atoms with E-state index < -0.39 is 0 Å². The third-order valence-electron chi connectivity index (χ3n) is 3.90. The molecule has 0 spiro atoms. The number of rotatable bonds is 0. The maximum absolute atomic E-state index is 2.39. The molecule has 1 aromatic rings. The minimum atomic E-state index is 0.300. The highest BCUT2D eigenvalue weighted by Gasteiger charge is 2.28. The highest BCUT2D eigenvalue weighted by molar-refractivity contribution is 5.56. The van der Waals surface area contributed by atoms with Crippen LogP contribution in [0, 0.1) is 11.3 Å². The first-order chi connectivity index (χ1) is 6.53. The van der Waals surface area contributed by atoms with Gasteiger partial charge < -0.3 is 0 Å². The first-order valence-corrected chi connectivity index (χ1v) is 5.32. The van der Waals surface area contributed by atoms with Gasteiger partial charge in [-0.05, 0) is 28.7 Å². The minimum absolute atomic E-state index is 0.300. The zero-order valence-corrected chi connectivity index (χ0v) is 9.46. The Bertz CT molecular complexity index is 463. The first-order valence-electron chi connectivity index (χ1n) is 5.32. The number of hydrogen-bond donors (Lipinski definition) is 0. The Morgan fingerprint density at radius 2 is 1.79 bits per heavy atom. The summed E-state index contributed by atoms with van der Waals surface area (Å²) in [5.41, 5.74) is 1.82. The lowest BCUT2D eigenvalue weighted by atomic mass is 9.71. The summed E-state index contributed by atoms with van der Waals surface area (Å²) in [7, 11) is 0. The number of fused-ring (bicyclic) bond motifs is 1. The molecule has 1 aliphatic rings. The van der Waals surface area contributed by atoms with Crippen LogP contribution in [-0.4, -0.2) is 0 Å². The van der Waals surface area contributed by atoms with Crippen LogP contribution in [0.4, 0.5) is 0 Å². The molecule has 0 saturated heterocycles. The van der Waals surface area contributed by atoms with Gasteiger partial charge in [-0.1, -0.05) is 56.7 Å². The van der Waals surface area contributed by atoms with Crippen molar-refractivity contribution in [3.63, 3.8) is 0 Å². The molecule has 1 atom stereocenters. The zero-order valence-electron chi connectivity index (χ0n) is 9.46. The van der Waals surface area contributed by atoms with E-state index in [0.717, 1.165) is 0 Å². The normalized spacial score (nSPS) is 24.0. The second-order valence-electron chi connectivity index (χ2n) is 4.89. The quantitative estimate of drug-likeness (QED) is 0.583. The molecule has 14 heavy (non-hydrogen) atoms. The van der Waals surface area contributed by atoms with Crippen molar-refractivity contribution >= 4 is 11.6 Å². The van der Waals surface area contributed by atoms with Gasteiger partial charge >= 0.3 is 0 Å². The van der Waals surface area contributed by atoms with Gasteiger partial charge in [0.15, 0.2) is 0 Å². The van der Waals surface area contributed by atoms with Crippen molar-refractivity contribution in [2.24, 2.45) is 11.3 Å². The summed E-state index contributed by atoms with van der Waals surface area (Å²) in [6, 6.07) is 8.69. The van der Waals surface area contributed by atoms with Gasteiger partial charge in [-0.15, -0.1) is 0 Å². The molecular formula is C14H18. The second-order valence-corrected chi connectivity index (χ2v) is 4.89. The SMILES string of the molecule is CC1=c2ccccc2=CC(C)C1(C)C. The molecule has 0 fully saturated rings. The summed E-state index contributed by atoms with van der Waals surface area (Å²) in [6.45, 7) is 9.24. The molecule has 0 heterocycles. The fourth-order valence-electron chi connectivity index (χ4n) is 2.15. The van der Waals surface area contributed by atoms with Gasteiger partial charge in [0.2, 0.25) is 0 Å². The van der Waals surface area contributed by atoms with Gasteiger partial charge in [-0.25, -0.2) is 0 Å². The fourth-order valence-corrected chi connectivity index (χ4v) is 2.15. The molecule has 0 heteroatoms. The highest BCUT2D eigenvalue weighted by atomic mass is 14.3. The smallest absolute Gasteiger partial charge is 0.00778 e. The molecule has 0 saturated carbocycles. The lowest BCUT2D eigenvalue weighted by molar-refractivity contribution is 0.394. The van der Waals surface area contributed by atoms with Crippen LogP contribution in [0.15, 0.2) is 24.3 Å². The van der Waals surface area contributed by atoms with E-state index in [2.05, 4.69) is 58.0 Å². The molecule has 0 N–H and O–H groups in total. The van der Waals surface area contributed by atoms with Crippen LogP contribution in [0.3, 0.4) is 0 Å². The van der Waals surface area contributed by atoms with Gasteiger partial charge in [-0.3, -0.25) is 0 Å². The van der Waals surface area contributed by atoms with Crippen molar-refractivity contribution in [3.8, 4) is 0 Å². The lowest BCUT2D eigenvalue weighted by Gasteiger charge is -2.34. The Labute approximate surface area is 86.0 Å². The summed E-state index contributed by atoms with van der Waals surface area (Å²) in [6.07, 6.45) is 2.39. The average Bonchev–Trinajstić information content (AvgIpc) is 2.15. The molecular weight excluding hydrogens is 168 g/mol. The van der Waals surface area contributed by atoms with Gasteiger partial charge in [0.05, 0.1) is 0 Å². The Morgan fingerprint density at radius 1 is 1.14 bits per heavy atom. The Balaban J connectivity index is 2.86. The molecule has 0 bridgehead atoms. The van der Waals surface area contributed by atoms with Crippen LogP contribution in [0.25, 0.3) is 11.6 Å².